The lowest BCUT2D eigenvalue weighted by Gasteiger charge is -2.29. The third-order valence-electron chi connectivity index (χ3n) is 4.46. The molecule has 0 aliphatic carbocycles. The number of guanidine groups is 1. The quantitative estimate of drug-likeness (QED) is 0.569. The third kappa shape index (κ3) is 5.36. The lowest BCUT2D eigenvalue weighted by molar-refractivity contribution is 0.193. The van der Waals surface area contributed by atoms with Gasteiger partial charge in [-0.25, -0.2) is 0 Å². The molecular formula is C20H30N4O. The van der Waals surface area contributed by atoms with Crippen LogP contribution >= 0.6 is 0 Å². The molecule has 2 unspecified atom stereocenters. The molecule has 0 bridgehead atoms. The molecular weight excluding hydrogens is 312 g/mol. The van der Waals surface area contributed by atoms with Gasteiger partial charge in [0.1, 0.15) is 5.76 Å². The molecule has 25 heavy (non-hydrogen) atoms. The molecule has 2 rings (SSSR count). The lowest BCUT2D eigenvalue weighted by atomic mass is 10.1. The normalized spacial score (nSPS) is 14.4. The molecule has 0 spiro atoms. The highest BCUT2D eigenvalue weighted by molar-refractivity contribution is 5.80. The zero-order valence-electron chi connectivity index (χ0n) is 15.7. The first-order valence-electron chi connectivity index (χ1n) is 8.99. The number of nitrogens with one attached hydrogen (secondary N) is 2. The fourth-order valence-electron chi connectivity index (χ4n) is 2.97. The van der Waals surface area contributed by atoms with Crippen LogP contribution < -0.4 is 10.6 Å². The number of furan rings is 1. The van der Waals surface area contributed by atoms with Crippen LogP contribution in [-0.2, 0) is 0 Å². The summed E-state index contributed by atoms with van der Waals surface area (Å²) in [5, 5.41) is 6.89. The Morgan fingerprint density at radius 3 is 2.40 bits per heavy atom. The van der Waals surface area contributed by atoms with Gasteiger partial charge in [0.25, 0.3) is 0 Å². The third-order valence-corrected chi connectivity index (χ3v) is 4.46. The van der Waals surface area contributed by atoms with Crippen LogP contribution in [0, 0.1) is 0 Å². The Labute approximate surface area is 151 Å². The van der Waals surface area contributed by atoms with E-state index in [1.54, 1.807) is 13.3 Å². The second-order valence-electron chi connectivity index (χ2n) is 5.98. The minimum Gasteiger partial charge on any atom is -0.468 e. The number of aliphatic imine (C=N–C) groups is 1. The number of likely N-dealkylation sites (N-methyl/N-ethyl adjacent to an activating group) is 1. The van der Waals surface area contributed by atoms with Crippen molar-refractivity contribution in [3.63, 3.8) is 0 Å². The molecule has 1 heterocycles. The van der Waals surface area contributed by atoms with Crippen LogP contribution in [0.2, 0.25) is 0 Å². The summed E-state index contributed by atoms with van der Waals surface area (Å²) in [5.41, 5.74) is 1.23. The van der Waals surface area contributed by atoms with Gasteiger partial charge in [-0.05, 0) is 37.7 Å². The zero-order chi connectivity index (χ0) is 18.1. The van der Waals surface area contributed by atoms with E-state index < -0.39 is 0 Å². The highest BCUT2D eigenvalue weighted by atomic mass is 16.3. The molecule has 5 nitrogen and oxygen atoms in total. The van der Waals surface area contributed by atoms with Gasteiger partial charge in [0.2, 0.25) is 0 Å². The summed E-state index contributed by atoms with van der Waals surface area (Å²) in [5.74, 6) is 1.77. The maximum atomic E-state index is 5.65. The molecule has 0 fully saturated rings. The molecule has 5 heteroatoms. The number of rotatable bonds is 8. The lowest BCUT2D eigenvalue weighted by Crippen LogP contribution is -2.43. The molecule has 1 aromatic carbocycles. The summed E-state index contributed by atoms with van der Waals surface area (Å²) in [4.78, 5) is 6.74. The Morgan fingerprint density at radius 2 is 1.84 bits per heavy atom. The van der Waals surface area contributed by atoms with E-state index in [9.17, 15) is 0 Å². The van der Waals surface area contributed by atoms with Crippen LogP contribution in [0.1, 0.15) is 44.2 Å². The maximum Gasteiger partial charge on any atom is 0.191 e. The van der Waals surface area contributed by atoms with Crippen molar-refractivity contribution in [2.45, 2.75) is 32.9 Å². The molecule has 2 aromatic rings. The van der Waals surface area contributed by atoms with E-state index in [0.717, 1.165) is 31.4 Å². The zero-order valence-corrected chi connectivity index (χ0v) is 15.7. The molecule has 0 aliphatic heterocycles. The van der Waals surface area contributed by atoms with E-state index in [4.69, 9.17) is 4.42 Å². The van der Waals surface area contributed by atoms with Crippen LogP contribution in [-0.4, -0.2) is 37.5 Å². The van der Waals surface area contributed by atoms with E-state index >= 15 is 0 Å². The first kappa shape index (κ1) is 19.1. The minimum atomic E-state index is 0.176. The fourth-order valence-corrected chi connectivity index (χ4v) is 2.97. The Morgan fingerprint density at radius 1 is 1.12 bits per heavy atom. The average molecular weight is 342 g/mol. The fraction of sp³-hybridized carbons (Fsp3) is 0.450. The predicted molar refractivity (Wildman–Crippen MR) is 104 cm³/mol. The summed E-state index contributed by atoms with van der Waals surface area (Å²) in [7, 11) is 1.80. The second kappa shape index (κ2) is 9.89. The van der Waals surface area contributed by atoms with Crippen molar-refractivity contribution in [2.24, 2.45) is 4.99 Å². The van der Waals surface area contributed by atoms with Crippen molar-refractivity contribution in [1.29, 1.82) is 0 Å². The Hall–Kier alpha value is -2.27. The first-order chi connectivity index (χ1) is 12.2. The highest BCUT2D eigenvalue weighted by Gasteiger charge is 2.21. The number of nitrogens with zero attached hydrogens (tertiary/aromatic N) is 2. The molecule has 0 saturated carbocycles. The Kier molecular flexibility index (Phi) is 7.54. The number of hydrogen-bond acceptors (Lipinski definition) is 3. The second-order valence-corrected chi connectivity index (χ2v) is 5.98. The van der Waals surface area contributed by atoms with Crippen molar-refractivity contribution in [1.82, 2.24) is 15.5 Å². The van der Waals surface area contributed by atoms with Gasteiger partial charge < -0.3 is 15.1 Å². The van der Waals surface area contributed by atoms with Crippen LogP contribution in [0.25, 0.3) is 0 Å². The van der Waals surface area contributed by atoms with E-state index in [0.29, 0.717) is 0 Å². The summed E-state index contributed by atoms with van der Waals surface area (Å²) in [6.07, 6.45) is 1.73. The van der Waals surface area contributed by atoms with Gasteiger partial charge in [-0.2, -0.15) is 0 Å². The van der Waals surface area contributed by atoms with Gasteiger partial charge in [0.15, 0.2) is 5.96 Å². The first-order valence-corrected chi connectivity index (χ1v) is 8.99. The molecule has 2 atom stereocenters. The van der Waals surface area contributed by atoms with Crippen LogP contribution in [0.5, 0.6) is 0 Å². The smallest absolute Gasteiger partial charge is 0.191 e. The van der Waals surface area contributed by atoms with Crippen molar-refractivity contribution < 1.29 is 4.42 Å². The van der Waals surface area contributed by atoms with Gasteiger partial charge in [0.05, 0.1) is 18.3 Å². The summed E-state index contributed by atoms with van der Waals surface area (Å²) in [6, 6.07) is 14.7. The summed E-state index contributed by atoms with van der Waals surface area (Å²) < 4.78 is 5.65. The van der Waals surface area contributed by atoms with Crippen LogP contribution in [0.4, 0.5) is 0 Å². The topological polar surface area (TPSA) is 52.8 Å². The molecule has 2 N–H and O–H groups in total. The van der Waals surface area contributed by atoms with Crippen molar-refractivity contribution in [3.05, 3.63) is 60.1 Å². The predicted octanol–water partition coefficient (Wildman–Crippen LogP) is 3.59. The molecule has 0 radical (unpaired) electrons. The van der Waals surface area contributed by atoms with Gasteiger partial charge in [-0.15, -0.1) is 0 Å². The molecule has 0 aliphatic rings. The Bertz CT molecular complexity index is 620. The molecule has 0 amide bonds. The van der Waals surface area contributed by atoms with Crippen LogP contribution in [0.15, 0.2) is 58.1 Å². The van der Waals surface area contributed by atoms with Crippen molar-refractivity contribution in [2.75, 3.05) is 26.7 Å². The Balaban J connectivity index is 2.00. The average Bonchev–Trinajstić information content (AvgIpc) is 3.19. The minimum absolute atomic E-state index is 0.176. The summed E-state index contributed by atoms with van der Waals surface area (Å²) >= 11 is 0. The van der Waals surface area contributed by atoms with E-state index in [-0.39, 0.29) is 12.1 Å². The van der Waals surface area contributed by atoms with Gasteiger partial charge >= 0.3 is 0 Å². The molecule has 0 saturated heterocycles. The van der Waals surface area contributed by atoms with Gasteiger partial charge in [-0.1, -0.05) is 44.2 Å². The monoisotopic (exact) mass is 342 g/mol. The van der Waals surface area contributed by atoms with E-state index in [1.807, 2.05) is 18.2 Å². The number of benzene rings is 1. The van der Waals surface area contributed by atoms with Crippen molar-refractivity contribution >= 4 is 5.96 Å². The highest BCUT2D eigenvalue weighted by Crippen LogP contribution is 2.20. The number of hydrogen-bond donors (Lipinski definition) is 2. The maximum absolute atomic E-state index is 5.65. The van der Waals surface area contributed by atoms with E-state index in [1.165, 1.54) is 5.56 Å². The van der Waals surface area contributed by atoms with Gasteiger partial charge in [0, 0.05) is 13.6 Å². The van der Waals surface area contributed by atoms with Gasteiger partial charge in [-0.3, -0.25) is 9.89 Å². The molecule has 136 valence electrons. The largest absolute Gasteiger partial charge is 0.468 e. The van der Waals surface area contributed by atoms with E-state index in [2.05, 4.69) is 65.6 Å². The van der Waals surface area contributed by atoms with Crippen LogP contribution in [0.3, 0.4) is 0 Å². The SMILES string of the molecule is CCN(CC)C(CNC(=NC)NC(C)c1ccccc1)c1ccco1. The van der Waals surface area contributed by atoms with Crippen molar-refractivity contribution in [3.8, 4) is 0 Å². The summed E-state index contributed by atoms with van der Waals surface area (Å²) in [6.45, 7) is 9.15. The standard InChI is InChI=1S/C20H30N4O/c1-5-24(6-2)18(19-13-10-14-25-19)15-22-20(21-4)23-16(3)17-11-8-7-9-12-17/h7-14,16,18H,5-6,15H2,1-4H3,(H2,21,22,23). The molecule has 1 aromatic heterocycles.